The second-order valence-corrected chi connectivity index (χ2v) is 5.38. The predicted octanol–water partition coefficient (Wildman–Crippen LogP) is 0.903. The molecule has 0 bridgehead atoms. The SMILES string of the molecule is COCC(C)OCC(O)CSC(C)CCO. The zero-order valence-corrected chi connectivity index (χ0v) is 11.2. The van der Waals surface area contributed by atoms with Gasteiger partial charge in [-0.15, -0.1) is 0 Å². The number of thioether (sulfide) groups is 1. The Bertz CT molecular complexity index is 141. The van der Waals surface area contributed by atoms with Crippen LogP contribution in [-0.4, -0.2) is 60.4 Å². The van der Waals surface area contributed by atoms with Crippen molar-refractivity contribution in [3.63, 3.8) is 0 Å². The molecule has 0 fully saturated rings. The lowest BCUT2D eigenvalue weighted by atomic mass is 10.3. The topological polar surface area (TPSA) is 58.9 Å². The van der Waals surface area contributed by atoms with Gasteiger partial charge in [-0.25, -0.2) is 0 Å². The van der Waals surface area contributed by atoms with Gasteiger partial charge in [0, 0.05) is 24.7 Å². The Hall–Kier alpha value is 0.190. The molecule has 0 aliphatic heterocycles. The fourth-order valence-electron chi connectivity index (χ4n) is 1.15. The van der Waals surface area contributed by atoms with Gasteiger partial charge in [-0.2, -0.15) is 11.8 Å². The normalized spacial score (nSPS) is 17.1. The molecule has 3 atom stereocenters. The summed E-state index contributed by atoms with van der Waals surface area (Å²) in [6.45, 7) is 5.04. The molecule has 0 saturated heterocycles. The van der Waals surface area contributed by atoms with Crippen molar-refractivity contribution in [3.8, 4) is 0 Å². The van der Waals surface area contributed by atoms with E-state index in [4.69, 9.17) is 14.6 Å². The van der Waals surface area contributed by atoms with E-state index in [1.165, 1.54) is 0 Å². The van der Waals surface area contributed by atoms with Gasteiger partial charge >= 0.3 is 0 Å². The number of ether oxygens (including phenoxy) is 2. The summed E-state index contributed by atoms with van der Waals surface area (Å²) in [6.07, 6.45) is 0.322. The van der Waals surface area contributed by atoms with E-state index < -0.39 is 6.10 Å². The first-order valence-electron chi connectivity index (χ1n) is 5.61. The summed E-state index contributed by atoms with van der Waals surface area (Å²) >= 11 is 1.65. The largest absolute Gasteiger partial charge is 0.396 e. The third-order valence-electron chi connectivity index (χ3n) is 2.08. The van der Waals surface area contributed by atoms with E-state index in [1.54, 1.807) is 18.9 Å². The van der Waals surface area contributed by atoms with Gasteiger partial charge in [-0.05, 0) is 13.3 Å². The second kappa shape index (κ2) is 10.4. The average molecular weight is 252 g/mol. The van der Waals surface area contributed by atoms with Crippen LogP contribution in [0.25, 0.3) is 0 Å². The maximum absolute atomic E-state index is 9.63. The first-order chi connectivity index (χ1) is 7.60. The van der Waals surface area contributed by atoms with Crippen molar-refractivity contribution in [1.82, 2.24) is 0 Å². The maximum atomic E-state index is 9.63. The van der Waals surface area contributed by atoms with Crippen LogP contribution in [0.1, 0.15) is 20.3 Å². The number of hydrogen-bond acceptors (Lipinski definition) is 5. The Labute approximate surface area is 102 Å². The standard InChI is InChI=1S/C11H24O4S/c1-9(6-14-3)15-7-11(13)8-16-10(2)4-5-12/h9-13H,4-8H2,1-3H3. The number of aliphatic hydroxyl groups excluding tert-OH is 2. The minimum Gasteiger partial charge on any atom is -0.396 e. The molecular formula is C11H24O4S. The molecule has 0 aromatic carbocycles. The third-order valence-corrected chi connectivity index (χ3v) is 3.47. The van der Waals surface area contributed by atoms with Crippen LogP contribution in [0.15, 0.2) is 0 Å². The number of rotatable bonds is 10. The van der Waals surface area contributed by atoms with Crippen LogP contribution < -0.4 is 0 Å². The molecule has 0 radical (unpaired) electrons. The highest BCUT2D eigenvalue weighted by Crippen LogP contribution is 2.14. The Kier molecular flexibility index (Phi) is 10.5. The van der Waals surface area contributed by atoms with Crippen LogP contribution in [-0.2, 0) is 9.47 Å². The number of hydrogen-bond donors (Lipinski definition) is 2. The van der Waals surface area contributed by atoms with Crippen molar-refractivity contribution in [3.05, 3.63) is 0 Å². The summed E-state index contributed by atoms with van der Waals surface area (Å²) in [7, 11) is 1.63. The Morgan fingerprint density at radius 2 is 1.94 bits per heavy atom. The van der Waals surface area contributed by atoms with Crippen LogP contribution in [0.2, 0.25) is 0 Å². The van der Waals surface area contributed by atoms with E-state index in [1.807, 2.05) is 13.8 Å². The van der Waals surface area contributed by atoms with Gasteiger partial charge < -0.3 is 19.7 Å². The average Bonchev–Trinajstić information content (AvgIpc) is 2.24. The Morgan fingerprint density at radius 3 is 2.50 bits per heavy atom. The van der Waals surface area contributed by atoms with Crippen LogP contribution in [0, 0.1) is 0 Å². The quantitative estimate of drug-likeness (QED) is 0.605. The van der Waals surface area contributed by atoms with E-state index in [-0.39, 0.29) is 12.7 Å². The number of methoxy groups -OCH3 is 1. The zero-order chi connectivity index (χ0) is 12.4. The molecule has 0 saturated carbocycles. The summed E-state index contributed by atoms with van der Waals surface area (Å²) in [5.74, 6) is 0.640. The molecule has 0 aromatic rings. The fraction of sp³-hybridized carbons (Fsp3) is 1.00. The number of aliphatic hydroxyl groups is 2. The van der Waals surface area contributed by atoms with Crippen molar-refractivity contribution >= 4 is 11.8 Å². The third kappa shape index (κ3) is 9.42. The zero-order valence-electron chi connectivity index (χ0n) is 10.4. The molecule has 2 N–H and O–H groups in total. The lowest BCUT2D eigenvalue weighted by Crippen LogP contribution is -2.25. The summed E-state index contributed by atoms with van der Waals surface area (Å²) in [5.41, 5.74) is 0. The fourth-order valence-corrected chi connectivity index (χ4v) is 2.07. The van der Waals surface area contributed by atoms with Gasteiger partial charge in [-0.1, -0.05) is 6.92 Å². The monoisotopic (exact) mass is 252 g/mol. The lowest BCUT2D eigenvalue weighted by Gasteiger charge is -2.17. The Balaban J connectivity index is 3.46. The molecular weight excluding hydrogens is 228 g/mol. The molecule has 0 rings (SSSR count). The lowest BCUT2D eigenvalue weighted by molar-refractivity contribution is -0.0257. The summed E-state index contributed by atoms with van der Waals surface area (Å²) in [6, 6.07) is 0. The van der Waals surface area contributed by atoms with Gasteiger partial charge in [-0.3, -0.25) is 0 Å². The molecule has 3 unspecified atom stereocenters. The van der Waals surface area contributed by atoms with E-state index in [0.717, 1.165) is 6.42 Å². The Morgan fingerprint density at radius 1 is 1.25 bits per heavy atom. The van der Waals surface area contributed by atoms with E-state index in [2.05, 4.69) is 0 Å². The van der Waals surface area contributed by atoms with Crippen molar-refractivity contribution in [2.24, 2.45) is 0 Å². The van der Waals surface area contributed by atoms with Crippen LogP contribution in [0.3, 0.4) is 0 Å². The van der Waals surface area contributed by atoms with Crippen LogP contribution in [0.5, 0.6) is 0 Å². The highest BCUT2D eigenvalue weighted by atomic mass is 32.2. The van der Waals surface area contributed by atoms with Crippen LogP contribution >= 0.6 is 11.8 Å². The minimum absolute atomic E-state index is 0.0134. The molecule has 0 heterocycles. The molecule has 0 aliphatic carbocycles. The molecule has 0 aromatic heterocycles. The van der Waals surface area contributed by atoms with Gasteiger partial charge in [0.1, 0.15) is 0 Å². The second-order valence-electron chi connectivity index (χ2n) is 3.91. The molecule has 4 nitrogen and oxygen atoms in total. The van der Waals surface area contributed by atoms with Crippen molar-refractivity contribution in [2.45, 2.75) is 37.7 Å². The van der Waals surface area contributed by atoms with Gasteiger partial charge in [0.25, 0.3) is 0 Å². The molecule has 0 aliphatic rings. The highest BCUT2D eigenvalue weighted by molar-refractivity contribution is 7.99. The van der Waals surface area contributed by atoms with Crippen molar-refractivity contribution < 1.29 is 19.7 Å². The van der Waals surface area contributed by atoms with Crippen molar-refractivity contribution in [1.29, 1.82) is 0 Å². The van der Waals surface area contributed by atoms with Gasteiger partial charge in [0.05, 0.1) is 25.4 Å². The molecule has 5 heteroatoms. The molecule has 0 amide bonds. The maximum Gasteiger partial charge on any atom is 0.0864 e. The van der Waals surface area contributed by atoms with Gasteiger partial charge in [0.2, 0.25) is 0 Å². The highest BCUT2D eigenvalue weighted by Gasteiger charge is 2.10. The first kappa shape index (κ1) is 16.2. The predicted molar refractivity (Wildman–Crippen MR) is 66.9 cm³/mol. The first-order valence-corrected chi connectivity index (χ1v) is 6.66. The summed E-state index contributed by atoms with van der Waals surface area (Å²) in [4.78, 5) is 0. The minimum atomic E-state index is -0.453. The van der Waals surface area contributed by atoms with Gasteiger partial charge in [0.15, 0.2) is 0 Å². The summed E-state index contributed by atoms with van der Waals surface area (Å²) < 4.78 is 10.3. The van der Waals surface area contributed by atoms with E-state index in [9.17, 15) is 5.11 Å². The molecule has 0 spiro atoms. The van der Waals surface area contributed by atoms with E-state index >= 15 is 0 Å². The smallest absolute Gasteiger partial charge is 0.0864 e. The summed E-state index contributed by atoms with van der Waals surface area (Å²) in [5, 5.41) is 18.7. The van der Waals surface area contributed by atoms with E-state index in [0.29, 0.717) is 24.2 Å². The molecule has 16 heavy (non-hydrogen) atoms. The van der Waals surface area contributed by atoms with Crippen molar-refractivity contribution in [2.75, 3.05) is 32.7 Å². The van der Waals surface area contributed by atoms with Crippen LogP contribution in [0.4, 0.5) is 0 Å². The molecule has 98 valence electrons.